The van der Waals surface area contributed by atoms with Crippen LogP contribution in [0.2, 0.25) is 0 Å². The highest BCUT2D eigenvalue weighted by atomic mass is 79.9. The summed E-state index contributed by atoms with van der Waals surface area (Å²) in [5.74, 6) is 2.07. The van der Waals surface area contributed by atoms with E-state index in [-0.39, 0.29) is 23.0 Å². The van der Waals surface area contributed by atoms with Gasteiger partial charge in [0.2, 0.25) is 0 Å². The first-order valence-corrected chi connectivity index (χ1v) is 26.3. The Morgan fingerprint density at radius 3 is 1.12 bits per heavy atom. The number of carbonyl (C=O) groups is 2. The number of ketones is 2. The summed E-state index contributed by atoms with van der Waals surface area (Å²) < 4.78 is 6.02. The molecule has 0 heterocycles. The standard InChI is InChI=1S/C31H28N2O3.C24H16N2O2.C7H13BrO/c1-19(34)5-3-2-4-14-36-23-9-13-25-21(16-23)7-11-27-29(18-33)28(17-32)26-10-6-20-15-22(35)8-12-24(20)30(26)31(25)27;25-11-21-19-5-1-13-9-15(27)3-7-17(13)23(19)24-18-8-4-16(28)10-14(18)2-6-20(24)22(21)12-26;1-7(9)5-3-2-4-6-8/h8-9,12-13,15-16,35H,2-7,10-11,14H2,1H3;3-4,7-10,27-28H,1-2,5-6H2;2-6H2,1H3. The van der Waals surface area contributed by atoms with E-state index in [4.69, 9.17) is 4.74 Å². The molecule has 0 amide bonds. The van der Waals surface area contributed by atoms with E-state index in [0.29, 0.717) is 66.7 Å². The molecule has 0 fully saturated rings. The fourth-order valence-corrected chi connectivity index (χ4v) is 11.5. The molecule has 6 aromatic carbocycles. The Kier molecular flexibility index (Phi) is 16.4. The van der Waals surface area contributed by atoms with Crippen LogP contribution in [0, 0.1) is 45.3 Å². The fraction of sp³-hybridized carbons (Fsp3) is 0.323. The Labute approximate surface area is 435 Å². The van der Waals surface area contributed by atoms with E-state index in [9.17, 15) is 46.0 Å². The van der Waals surface area contributed by atoms with Gasteiger partial charge in [-0.25, -0.2) is 0 Å². The minimum Gasteiger partial charge on any atom is -0.508 e. The van der Waals surface area contributed by atoms with Crippen molar-refractivity contribution in [2.75, 3.05) is 11.9 Å². The second-order valence-electron chi connectivity index (χ2n) is 19.3. The first kappa shape index (κ1) is 51.6. The van der Waals surface area contributed by atoms with Crippen molar-refractivity contribution in [3.05, 3.63) is 140 Å². The minimum atomic E-state index is 0.231. The molecule has 0 atom stereocenters. The summed E-state index contributed by atoms with van der Waals surface area (Å²) in [4.78, 5) is 21.5. The third-order valence-electron chi connectivity index (χ3n) is 14.5. The fourth-order valence-electron chi connectivity index (χ4n) is 11.1. The van der Waals surface area contributed by atoms with Gasteiger partial charge in [-0.05, 0) is 235 Å². The molecule has 11 heteroatoms. The van der Waals surface area contributed by atoms with Gasteiger partial charge >= 0.3 is 0 Å². The molecule has 4 aliphatic carbocycles. The average molecular weight is 1030 g/mol. The predicted molar refractivity (Wildman–Crippen MR) is 286 cm³/mol. The third kappa shape index (κ3) is 10.9. The second-order valence-corrected chi connectivity index (χ2v) is 20.1. The minimum absolute atomic E-state index is 0.231. The predicted octanol–water partition coefficient (Wildman–Crippen LogP) is 13.1. The number of benzene rings is 6. The van der Waals surface area contributed by atoms with Crippen LogP contribution in [0.3, 0.4) is 0 Å². The normalized spacial score (nSPS) is 12.6. The lowest BCUT2D eigenvalue weighted by Crippen LogP contribution is -2.15. The van der Waals surface area contributed by atoms with E-state index in [1.54, 1.807) is 44.2 Å². The van der Waals surface area contributed by atoms with Crippen molar-refractivity contribution >= 4 is 27.5 Å². The van der Waals surface area contributed by atoms with Crippen molar-refractivity contribution < 1.29 is 29.6 Å². The first-order valence-electron chi connectivity index (χ1n) is 25.2. The van der Waals surface area contributed by atoms with Gasteiger partial charge in [-0.3, -0.25) is 0 Å². The van der Waals surface area contributed by atoms with Crippen molar-refractivity contribution in [2.45, 2.75) is 117 Å². The molecule has 0 spiro atoms. The number of nitriles is 4. The number of phenolic OH excluding ortho intramolecular Hbond substituents is 3. The maximum Gasteiger partial charge on any atom is 0.129 e. The van der Waals surface area contributed by atoms with E-state index in [2.05, 4.69) is 52.3 Å². The number of halogens is 1. The number of rotatable bonds is 12. The Hall–Kier alpha value is -7.70. The number of hydrogen-bond acceptors (Lipinski definition) is 10. The van der Waals surface area contributed by atoms with Crippen LogP contribution in [0.4, 0.5) is 0 Å². The smallest absolute Gasteiger partial charge is 0.129 e. The molecule has 0 saturated carbocycles. The highest BCUT2D eigenvalue weighted by Crippen LogP contribution is 2.51. The maximum absolute atomic E-state index is 11.1. The molecule has 0 aliphatic heterocycles. The number of Topliss-reactive ketones (excluding diaryl/α,β-unsaturated/α-hetero) is 2. The summed E-state index contributed by atoms with van der Waals surface area (Å²) in [6.45, 7) is 3.89. The molecule has 0 unspecified atom stereocenters. The van der Waals surface area contributed by atoms with E-state index in [1.165, 1.54) is 18.4 Å². The second kappa shape index (κ2) is 23.2. The summed E-state index contributed by atoms with van der Waals surface area (Å²) in [5, 5.41) is 70.8. The first-order chi connectivity index (χ1) is 35.4. The molecule has 0 radical (unpaired) electrons. The van der Waals surface area contributed by atoms with Crippen LogP contribution in [-0.4, -0.2) is 38.8 Å². The zero-order chi connectivity index (χ0) is 51.8. The SMILES string of the molecule is CC(=O)CCCCCBr.CC(=O)CCCCCOc1ccc2c(c1)CCc1c(C#N)c(C#N)c3c(c1-2)-c1ccc(O)cc1CC3.N#Cc1c(C#N)c2c(c3c1CCc1cc(O)ccc1-3)-c1ccc(O)cc1CC2. The summed E-state index contributed by atoms with van der Waals surface area (Å²) in [6.07, 6.45) is 13.2. The van der Waals surface area contributed by atoms with Crippen LogP contribution in [0.15, 0.2) is 72.8 Å². The van der Waals surface area contributed by atoms with Crippen LogP contribution in [0.1, 0.15) is 132 Å². The molecular formula is C62H57BrN4O6. The summed E-state index contributed by atoms with van der Waals surface area (Å²) in [6, 6.07) is 31.6. The number of hydrogen-bond donors (Lipinski definition) is 3. The molecule has 6 aromatic rings. The third-order valence-corrected chi connectivity index (χ3v) is 15.0. The highest BCUT2D eigenvalue weighted by Gasteiger charge is 2.34. The van der Waals surface area contributed by atoms with E-state index >= 15 is 0 Å². The topological polar surface area (TPSA) is 199 Å². The van der Waals surface area contributed by atoms with Gasteiger partial charge in [-0.2, -0.15) is 21.0 Å². The van der Waals surface area contributed by atoms with Crippen LogP contribution in [-0.2, 0) is 61.0 Å². The van der Waals surface area contributed by atoms with Gasteiger partial charge in [0.15, 0.2) is 0 Å². The average Bonchev–Trinajstić information content (AvgIpc) is 3.39. The molecule has 4 aliphatic rings. The number of alkyl halides is 1. The van der Waals surface area contributed by atoms with Gasteiger partial charge < -0.3 is 29.6 Å². The monoisotopic (exact) mass is 1030 g/mol. The summed E-state index contributed by atoms with van der Waals surface area (Å²) in [5.41, 5.74) is 18.2. The summed E-state index contributed by atoms with van der Waals surface area (Å²) >= 11 is 3.33. The van der Waals surface area contributed by atoms with E-state index in [0.717, 1.165) is 152 Å². The quantitative estimate of drug-likeness (QED) is 0.0783. The van der Waals surface area contributed by atoms with Crippen molar-refractivity contribution in [2.24, 2.45) is 0 Å². The largest absolute Gasteiger partial charge is 0.508 e. The van der Waals surface area contributed by atoms with E-state index in [1.807, 2.05) is 30.3 Å². The number of aryl methyl sites for hydroxylation is 4. The van der Waals surface area contributed by atoms with Crippen LogP contribution in [0.5, 0.6) is 23.0 Å². The van der Waals surface area contributed by atoms with Crippen LogP contribution >= 0.6 is 15.9 Å². The van der Waals surface area contributed by atoms with Crippen LogP contribution < -0.4 is 4.74 Å². The van der Waals surface area contributed by atoms with Gasteiger partial charge in [0.05, 0.1) is 28.9 Å². The van der Waals surface area contributed by atoms with Gasteiger partial charge in [-0.1, -0.05) is 46.6 Å². The number of carbonyl (C=O) groups excluding carboxylic acids is 2. The summed E-state index contributed by atoms with van der Waals surface area (Å²) in [7, 11) is 0. The number of ether oxygens (including phenoxy) is 1. The Morgan fingerprint density at radius 1 is 0.466 bits per heavy atom. The lowest BCUT2D eigenvalue weighted by Gasteiger charge is -2.31. The van der Waals surface area contributed by atoms with Crippen molar-refractivity contribution in [3.8, 4) is 91.8 Å². The zero-order valence-corrected chi connectivity index (χ0v) is 43.0. The Balaban J connectivity index is 0.000000170. The highest BCUT2D eigenvalue weighted by molar-refractivity contribution is 9.09. The number of phenols is 3. The van der Waals surface area contributed by atoms with E-state index < -0.39 is 0 Å². The maximum atomic E-state index is 11.1. The van der Waals surface area contributed by atoms with Gasteiger partial charge in [-0.15, -0.1) is 0 Å². The molecule has 3 N–H and O–H groups in total. The zero-order valence-electron chi connectivity index (χ0n) is 41.4. The van der Waals surface area contributed by atoms with Crippen molar-refractivity contribution in [1.82, 2.24) is 0 Å². The molecule has 10 rings (SSSR count). The molecule has 0 saturated heterocycles. The van der Waals surface area contributed by atoms with Gasteiger partial charge in [0.25, 0.3) is 0 Å². The van der Waals surface area contributed by atoms with Crippen LogP contribution in [0.25, 0.3) is 44.5 Å². The lowest BCUT2D eigenvalue weighted by atomic mass is 9.72. The van der Waals surface area contributed by atoms with Gasteiger partial charge in [0.1, 0.15) is 58.8 Å². The number of fused-ring (bicyclic) bond motifs is 14. The molecule has 73 heavy (non-hydrogen) atoms. The molecule has 0 bridgehead atoms. The number of nitrogens with zero attached hydrogens (tertiary/aromatic N) is 4. The lowest BCUT2D eigenvalue weighted by molar-refractivity contribution is -0.117. The molecule has 0 aromatic heterocycles. The van der Waals surface area contributed by atoms with Gasteiger partial charge in [0, 0.05) is 18.2 Å². The molecular weight excluding hydrogens is 977 g/mol. The Bertz CT molecular complexity index is 3250. The number of aromatic hydroxyl groups is 3. The molecule has 10 nitrogen and oxygen atoms in total. The molecule has 368 valence electrons. The number of unbranched alkanes of at least 4 members (excludes halogenated alkanes) is 4. The Morgan fingerprint density at radius 2 is 0.795 bits per heavy atom. The van der Waals surface area contributed by atoms with Crippen molar-refractivity contribution in [1.29, 1.82) is 21.0 Å². The van der Waals surface area contributed by atoms with Crippen molar-refractivity contribution in [3.63, 3.8) is 0 Å².